The van der Waals surface area contributed by atoms with E-state index in [0.717, 1.165) is 5.01 Å². The van der Waals surface area contributed by atoms with Crippen molar-refractivity contribution in [2.24, 2.45) is 5.92 Å². The molecule has 1 unspecified atom stereocenters. The van der Waals surface area contributed by atoms with Gasteiger partial charge >= 0.3 is 0 Å². The van der Waals surface area contributed by atoms with Crippen LogP contribution < -0.4 is 0 Å². The lowest BCUT2D eigenvalue weighted by Crippen LogP contribution is -2.10. The number of thiazole rings is 1. The van der Waals surface area contributed by atoms with Gasteiger partial charge in [0, 0.05) is 6.20 Å². The van der Waals surface area contributed by atoms with Crippen LogP contribution in [0.5, 0.6) is 0 Å². The van der Waals surface area contributed by atoms with Crippen molar-refractivity contribution in [2.75, 3.05) is 0 Å². The molecule has 0 aliphatic rings. The first-order valence-corrected chi connectivity index (χ1v) is 4.87. The molecule has 68 valence electrons. The van der Waals surface area contributed by atoms with Crippen molar-refractivity contribution in [2.45, 2.75) is 20.3 Å². The molecule has 1 rings (SSSR count). The minimum absolute atomic E-state index is 0.101. The zero-order valence-electron chi connectivity index (χ0n) is 7.57. The second kappa shape index (κ2) is 4.15. The van der Waals surface area contributed by atoms with Crippen molar-refractivity contribution >= 4 is 17.1 Å². The molecule has 3 nitrogen and oxygen atoms in total. The van der Waals surface area contributed by atoms with Crippen molar-refractivity contribution < 1.29 is 4.79 Å². The van der Waals surface area contributed by atoms with Crippen LogP contribution in [0.1, 0.15) is 28.0 Å². The standard InChI is InChI=1S/C9H10N2OS/c1-3-7(4-10)9(12)8-5-11-6(2)13-8/h5,7H,3H2,1-2H3. The van der Waals surface area contributed by atoms with Crippen molar-refractivity contribution in [1.82, 2.24) is 4.98 Å². The summed E-state index contributed by atoms with van der Waals surface area (Å²) in [7, 11) is 0. The van der Waals surface area contributed by atoms with Gasteiger partial charge in [-0.1, -0.05) is 6.92 Å². The van der Waals surface area contributed by atoms with Gasteiger partial charge in [-0.25, -0.2) is 4.98 Å². The number of hydrogen-bond donors (Lipinski definition) is 0. The first kappa shape index (κ1) is 9.87. The van der Waals surface area contributed by atoms with E-state index in [0.29, 0.717) is 11.3 Å². The van der Waals surface area contributed by atoms with Crippen LogP contribution in [0.15, 0.2) is 6.20 Å². The third-order valence-corrected chi connectivity index (χ3v) is 2.67. The van der Waals surface area contributed by atoms with Crippen LogP contribution in [0.2, 0.25) is 0 Å². The summed E-state index contributed by atoms with van der Waals surface area (Å²) in [5.74, 6) is -0.615. The number of ketones is 1. The highest BCUT2D eigenvalue weighted by atomic mass is 32.1. The fourth-order valence-corrected chi connectivity index (χ4v) is 1.75. The molecular weight excluding hydrogens is 184 g/mol. The maximum Gasteiger partial charge on any atom is 0.191 e. The number of hydrogen-bond acceptors (Lipinski definition) is 4. The van der Waals surface area contributed by atoms with Crippen molar-refractivity contribution in [1.29, 1.82) is 5.26 Å². The number of aromatic nitrogens is 1. The molecule has 0 aliphatic carbocycles. The van der Waals surface area contributed by atoms with Crippen LogP contribution in [0, 0.1) is 24.2 Å². The number of Topliss-reactive ketones (excluding diaryl/α,β-unsaturated/α-hetero) is 1. The molecule has 0 aliphatic heterocycles. The maximum atomic E-state index is 11.6. The Balaban J connectivity index is 2.85. The number of aryl methyl sites for hydroxylation is 1. The van der Waals surface area contributed by atoms with Gasteiger partial charge in [-0.3, -0.25) is 4.79 Å². The number of rotatable bonds is 3. The number of carbonyl (C=O) groups excluding carboxylic acids is 1. The van der Waals surface area contributed by atoms with Gasteiger partial charge in [-0.05, 0) is 13.3 Å². The highest BCUT2D eigenvalue weighted by Crippen LogP contribution is 2.17. The smallest absolute Gasteiger partial charge is 0.191 e. The molecule has 0 spiro atoms. The Bertz CT molecular complexity index is 351. The lowest BCUT2D eigenvalue weighted by molar-refractivity contribution is 0.0950. The molecule has 0 radical (unpaired) electrons. The molecule has 0 saturated carbocycles. The van der Waals surface area contributed by atoms with Crippen LogP contribution in [0.25, 0.3) is 0 Å². The molecule has 0 saturated heterocycles. The molecule has 4 heteroatoms. The first-order chi connectivity index (χ1) is 6.19. The summed E-state index contributed by atoms with van der Waals surface area (Å²) in [5, 5.41) is 9.54. The quantitative estimate of drug-likeness (QED) is 0.693. The van der Waals surface area contributed by atoms with E-state index >= 15 is 0 Å². The summed E-state index contributed by atoms with van der Waals surface area (Å²) in [6.07, 6.45) is 2.11. The van der Waals surface area contributed by atoms with Crippen LogP contribution in [-0.2, 0) is 0 Å². The molecule has 1 aromatic heterocycles. The molecule has 1 aromatic rings. The summed E-state index contributed by atoms with van der Waals surface area (Å²) >= 11 is 1.34. The van der Waals surface area contributed by atoms with Gasteiger partial charge in [-0.15, -0.1) is 11.3 Å². The molecule has 0 aromatic carbocycles. The monoisotopic (exact) mass is 194 g/mol. The third kappa shape index (κ3) is 2.13. The van der Waals surface area contributed by atoms with E-state index in [9.17, 15) is 4.79 Å². The highest BCUT2D eigenvalue weighted by Gasteiger charge is 2.19. The molecule has 13 heavy (non-hydrogen) atoms. The summed E-state index contributed by atoms with van der Waals surface area (Å²) < 4.78 is 0. The fraction of sp³-hybridized carbons (Fsp3) is 0.444. The van der Waals surface area contributed by atoms with E-state index in [1.807, 2.05) is 19.9 Å². The van der Waals surface area contributed by atoms with Gasteiger partial charge in [0.15, 0.2) is 5.78 Å². The number of nitriles is 1. The zero-order valence-corrected chi connectivity index (χ0v) is 8.39. The van der Waals surface area contributed by atoms with Gasteiger partial charge in [0.25, 0.3) is 0 Å². The molecular formula is C9H10N2OS. The predicted molar refractivity (Wildman–Crippen MR) is 50.6 cm³/mol. The summed E-state index contributed by atoms with van der Waals surface area (Å²) in [4.78, 5) is 16.1. The van der Waals surface area contributed by atoms with Crippen LogP contribution in [0.3, 0.4) is 0 Å². The van der Waals surface area contributed by atoms with Gasteiger partial charge in [0.1, 0.15) is 5.92 Å². The molecule has 1 atom stereocenters. The maximum absolute atomic E-state index is 11.6. The van der Waals surface area contributed by atoms with Crippen LogP contribution in [-0.4, -0.2) is 10.8 Å². The largest absolute Gasteiger partial charge is 0.292 e. The average Bonchev–Trinajstić information content (AvgIpc) is 2.54. The Kier molecular flexibility index (Phi) is 3.15. The normalized spacial score (nSPS) is 12.1. The van der Waals surface area contributed by atoms with Gasteiger partial charge in [-0.2, -0.15) is 5.26 Å². The molecule has 0 N–H and O–H groups in total. The summed E-state index contributed by atoms with van der Waals surface area (Å²) in [5.41, 5.74) is 0. The van der Waals surface area contributed by atoms with E-state index in [1.54, 1.807) is 6.20 Å². The van der Waals surface area contributed by atoms with E-state index in [1.165, 1.54) is 11.3 Å². The summed E-state index contributed by atoms with van der Waals surface area (Å²) in [6, 6.07) is 1.99. The predicted octanol–water partition coefficient (Wildman–Crippen LogP) is 2.18. The topological polar surface area (TPSA) is 53.8 Å². The Labute approximate surface area is 81.0 Å². The fourth-order valence-electron chi connectivity index (χ4n) is 0.982. The summed E-state index contributed by atoms with van der Waals surface area (Å²) in [6.45, 7) is 3.68. The molecule has 0 fully saturated rings. The Morgan fingerprint density at radius 2 is 2.54 bits per heavy atom. The van der Waals surface area contributed by atoms with Gasteiger partial charge in [0.2, 0.25) is 0 Å². The molecule has 0 bridgehead atoms. The second-order valence-corrected chi connectivity index (χ2v) is 3.93. The van der Waals surface area contributed by atoms with E-state index in [4.69, 9.17) is 5.26 Å². The average molecular weight is 194 g/mol. The second-order valence-electron chi connectivity index (χ2n) is 2.70. The minimum atomic E-state index is -0.514. The van der Waals surface area contributed by atoms with Crippen molar-refractivity contribution in [3.05, 3.63) is 16.1 Å². The third-order valence-electron chi connectivity index (χ3n) is 1.74. The SMILES string of the molecule is CCC(C#N)C(=O)c1cnc(C)s1. The number of carbonyl (C=O) groups is 1. The van der Waals surface area contributed by atoms with Crippen LogP contribution >= 0.6 is 11.3 Å². The van der Waals surface area contributed by atoms with Crippen molar-refractivity contribution in [3.8, 4) is 6.07 Å². The van der Waals surface area contributed by atoms with Crippen molar-refractivity contribution in [3.63, 3.8) is 0 Å². The Hall–Kier alpha value is -1.21. The van der Waals surface area contributed by atoms with E-state index < -0.39 is 5.92 Å². The number of nitrogens with zero attached hydrogens (tertiary/aromatic N) is 2. The van der Waals surface area contributed by atoms with E-state index in [-0.39, 0.29) is 5.78 Å². The van der Waals surface area contributed by atoms with E-state index in [2.05, 4.69) is 4.98 Å². The molecule has 0 amide bonds. The zero-order chi connectivity index (χ0) is 9.84. The lowest BCUT2D eigenvalue weighted by atomic mass is 10.0. The van der Waals surface area contributed by atoms with Gasteiger partial charge in [0.05, 0.1) is 16.0 Å². The first-order valence-electron chi connectivity index (χ1n) is 4.05. The Morgan fingerprint density at radius 3 is 2.92 bits per heavy atom. The highest BCUT2D eigenvalue weighted by molar-refractivity contribution is 7.13. The Morgan fingerprint density at radius 1 is 1.85 bits per heavy atom. The molecule has 1 heterocycles. The van der Waals surface area contributed by atoms with Crippen LogP contribution in [0.4, 0.5) is 0 Å². The lowest BCUT2D eigenvalue weighted by Gasteiger charge is -2.00. The van der Waals surface area contributed by atoms with Gasteiger partial charge < -0.3 is 0 Å². The minimum Gasteiger partial charge on any atom is -0.292 e.